The van der Waals surface area contributed by atoms with Crippen LogP contribution in [-0.4, -0.2) is 44.1 Å². The molecule has 0 radical (unpaired) electrons. The van der Waals surface area contributed by atoms with Gasteiger partial charge in [-0.05, 0) is 54.4 Å². The van der Waals surface area contributed by atoms with Crippen molar-refractivity contribution in [2.24, 2.45) is 0 Å². The smallest absolute Gasteiger partial charge is 0.414 e. The summed E-state index contributed by atoms with van der Waals surface area (Å²) in [5.74, 6) is -0.685. The van der Waals surface area contributed by atoms with Gasteiger partial charge in [0.2, 0.25) is 0 Å². The third-order valence-corrected chi connectivity index (χ3v) is 3.89. The van der Waals surface area contributed by atoms with Crippen LogP contribution in [0.25, 0.3) is 0 Å². The van der Waals surface area contributed by atoms with Crippen LogP contribution >= 0.6 is 15.9 Å². The van der Waals surface area contributed by atoms with Crippen LogP contribution in [0.5, 0.6) is 0 Å². The van der Waals surface area contributed by atoms with Crippen molar-refractivity contribution in [2.75, 3.05) is 31.6 Å². The predicted octanol–water partition coefficient (Wildman–Crippen LogP) is 0.874. The average molecular weight is 401 g/mol. The molecule has 1 aromatic carbocycles. The number of alkyl carbamates (subject to hydrolysis) is 1. The zero-order valence-electron chi connectivity index (χ0n) is 14.1. The monoisotopic (exact) mass is 400 g/mol. The standard InChI is InChI=1S/C16H22BrN3O4/c1-4-20(10-15(22)19-16(23)24-5-2)9-14(21)18-13-7-6-11(3)8-12(13)17/h6-8H,4-5,9-10H2,1-3H3,(H,18,21)(H,19,22,23)/p+1. The highest BCUT2D eigenvalue weighted by molar-refractivity contribution is 9.10. The molecule has 0 aliphatic carbocycles. The van der Waals surface area contributed by atoms with E-state index in [2.05, 4.69) is 31.3 Å². The molecule has 132 valence electrons. The summed E-state index contributed by atoms with van der Waals surface area (Å²) in [5, 5.41) is 4.93. The molecule has 1 aromatic rings. The van der Waals surface area contributed by atoms with Crippen LogP contribution in [0.15, 0.2) is 22.7 Å². The molecule has 0 saturated carbocycles. The van der Waals surface area contributed by atoms with Gasteiger partial charge < -0.3 is 15.0 Å². The highest BCUT2D eigenvalue weighted by atomic mass is 79.9. The van der Waals surface area contributed by atoms with Gasteiger partial charge >= 0.3 is 6.09 Å². The molecule has 7 nitrogen and oxygen atoms in total. The van der Waals surface area contributed by atoms with Crippen LogP contribution in [0.3, 0.4) is 0 Å². The van der Waals surface area contributed by atoms with Crippen molar-refractivity contribution in [1.29, 1.82) is 0 Å². The molecule has 0 aliphatic heterocycles. The second-order valence-electron chi connectivity index (χ2n) is 5.26. The van der Waals surface area contributed by atoms with Crippen LogP contribution < -0.4 is 15.5 Å². The lowest BCUT2D eigenvalue weighted by atomic mass is 10.2. The van der Waals surface area contributed by atoms with Gasteiger partial charge in [0.15, 0.2) is 13.1 Å². The summed E-state index contributed by atoms with van der Waals surface area (Å²) in [6, 6.07) is 5.63. The van der Waals surface area contributed by atoms with E-state index in [0.29, 0.717) is 12.2 Å². The zero-order valence-corrected chi connectivity index (χ0v) is 15.7. The molecule has 24 heavy (non-hydrogen) atoms. The summed E-state index contributed by atoms with van der Waals surface area (Å²) in [6.07, 6.45) is -0.772. The Morgan fingerprint density at radius 2 is 1.83 bits per heavy atom. The van der Waals surface area contributed by atoms with E-state index in [-0.39, 0.29) is 25.6 Å². The summed E-state index contributed by atoms with van der Waals surface area (Å²) in [5.41, 5.74) is 1.76. The summed E-state index contributed by atoms with van der Waals surface area (Å²) in [6.45, 7) is 6.37. The van der Waals surface area contributed by atoms with Gasteiger partial charge in [0, 0.05) is 4.47 Å². The number of carbonyl (C=O) groups excluding carboxylic acids is 3. The number of hydrogen-bond acceptors (Lipinski definition) is 4. The van der Waals surface area contributed by atoms with E-state index in [0.717, 1.165) is 14.9 Å². The lowest BCUT2D eigenvalue weighted by Crippen LogP contribution is -3.14. The maximum Gasteiger partial charge on any atom is 0.414 e. The van der Waals surface area contributed by atoms with E-state index in [1.807, 2.05) is 32.0 Å². The number of imide groups is 1. The number of ether oxygens (including phenoxy) is 1. The molecule has 0 fully saturated rings. The number of halogens is 1. The van der Waals surface area contributed by atoms with E-state index in [9.17, 15) is 14.4 Å². The Morgan fingerprint density at radius 3 is 2.42 bits per heavy atom. The highest BCUT2D eigenvalue weighted by Crippen LogP contribution is 2.22. The van der Waals surface area contributed by atoms with Gasteiger partial charge in [0.05, 0.1) is 18.8 Å². The van der Waals surface area contributed by atoms with Crippen LogP contribution in [0.1, 0.15) is 19.4 Å². The number of nitrogens with one attached hydrogen (secondary N) is 3. The van der Waals surface area contributed by atoms with Gasteiger partial charge in [0.1, 0.15) is 0 Å². The lowest BCUT2D eigenvalue weighted by Gasteiger charge is -2.17. The van der Waals surface area contributed by atoms with Crippen molar-refractivity contribution in [3.8, 4) is 0 Å². The van der Waals surface area contributed by atoms with Gasteiger partial charge in [-0.1, -0.05) is 6.07 Å². The summed E-state index contributed by atoms with van der Waals surface area (Å²) in [7, 11) is 0. The quantitative estimate of drug-likeness (QED) is 0.633. The number of carbonyl (C=O) groups is 3. The van der Waals surface area contributed by atoms with Crippen molar-refractivity contribution in [3.63, 3.8) is 0 Å². The van der Waals surface area contributed by atoms with E-state index >= 15 is 0 Å². The van der Waals surface area contributed by atoms with Gasteiger partial charge in [-0.3, -0.25) is 14.9 Å². The molecule has 8 heteroatoms. The number of amides is 3. The normalized spacial score (nSPS) is 11.5. The van der Waals surface area contributed by atoms with Crippen LogP contribution in [-0.2, 0) is 14.3 Å². The van der Waals surface area contributed by atoms with Crippen molar-refractivity contribution in [2.45, 2.75) is 20.8 Å². The Bertz CT molecular complexity index is 607. The maximum atomic E-state index is 12.1. The average Bonchev–Trinajstić information content (AvgIpc) is 2.49. The molecule has 1 unspecified atom stereocenters. The molecule has 3 N–H and O–H groups in total. The van der Waals surface area contributed by atoms with Crippen molar-refractivity contribution >= 4 is 39.5 Å². The van der Waals surface area contributed by atoms with Crippen LogP contribution in [0.4, 0.5) is 10.5 Å². The molecular formula is C16H23BrN3O4+. The molecule has 1 rings (SSSR count). The van der Waals surface area contributed by atoms with E-state index in [1.165, 1.54) is 0 Å². The SMILES string of the molecule is CCOC(=O)NC(=O)C[NH+](CC)CC(=O)Nc1ccc(C)cc1Br. The summed E-state index contributed by atoms with van der Waals surface area (Å²) in [4.78, 5) is 35.8. The molecule has 0 aromatic heterocycles. The number of quaternary nitrogens is 1. The molecule has 3 amide bonds. The van der Waals surface area contributed by atoms with Gasteiger partial charge in [-0.15, -0.1) is 0 Å². The molecule has 0 heterocycles. The van der Waals surface area contributed by atoms with Crippen molar-refractivity contribution in [1.82, 2.24) is 5.32 Å². The number of benzene rings is 1. The first-order valence-electron chi connectivity index (χ1n) is 7.71. The number of rotatable bonds is 7. The largest absolute Gasteiger partial charge is 0.450 e. The minimum absolute atomic E-state index is 0.0117. The number of anilines is 1. The zero-order chi connectivity index (χ0) is 18.1. The second kappa shape index (κ2) is 10.0. The van der Waals surface area contributed by atoms with Gasteiger partial charge in [0.25, 0.3) is 11.8 Å². The van der Waals surface area contributed by atoms with E-state index < -0.39 is 12.0 Å². The number of likely N-dealkylation sites (N-methyl/N-ethyl adjacent to an activating group) is 1. The number of aryl methyl sites for hydroxylation is 1. The molecular weight excluding hydrogens is 378 g/mol. The first-order chi connectivity index (χ1) is 11.3. The fourth-order valence-corrected chi connectivity index (χ4v) is 2.60. The molecule has 0 bridgehead atoms. The summed E-state index contributed by atoms with van der Waals surface area (Å²) >= 11 is 3.40. The minimum Gasteiger partial charge on any atom is -0.450 e. The number of hydrogen-bond donors (Lipinski definition) is 3. The third kappa shape index (κ3) is 7.10. The lowest BCUT2D eigenvalue weighted by molar-refractivity contribution is -0.881. The molecule has 0 spiro atoms. The predicted molar refractivity (Wildman–Crippen MR) is 93.9 cm³/mol. The van der Waals surface area contributed by atoms with Gasteiger partial charge in [-0.2, -0.15) is 0 Å². The van der Waals surface area contributed by atoms with Crippen LogP contribution in [0, 0.1) is 6.92 Å². The summed E-state index contributed by atoms with van der Waals surface area (Å²) < 4.78 is 5.45. The second-order valence-corrected chi connectivity index (χ2v) is 6.11. The topological polar surface area (TPSA) is 88.9 Å². The van der Waals surface area contributed by atoms with Crippen molar-refractivity contribution < 1.29 is 24.0 Å². The Kier molecular flexibility index (Phi) is 8.42. The molecule has 1 atom stereocenters. The van der Waals surface area contributed by atoms with E-state index in [1.54, 1.807) is 6.92 Å². The third-order valence-electron chi connectivity index (χ3n) is 3.24. The fourth-order valence-electron chi connectivity index (χ4n) is 2.01. The van der Waals surface area contributed by atoms with Crippen molar-refractivity contribution in [3.05, 3.63) is 28.2 Å². The van der Waals surface area contributed by atoms with Crippen LogP contribution in [0.2, 0.25) is 0 Å². The molecule has 0 saturated heterocycles. The Balaban J connectivity index is 2.53. The minimum atomic E-state index is -0.772. The van der Waals surface area contributed by atoms with Gasteiger partial charge in [-0.25, -0.2) is 4.79 Å². The van der Waals surface area contributed by atoms with E-state index in [4.69, 9.17) is 0 Å². The highest BCUT2D eigenvalue weighted by Gasteiger charge is 2.19. The Hall–Kier alpha value is -1.93. The Labute approximate surface area is 149 Å². The maximum absolute atomic E-state index is 12.1. The fraction of sp³-hybridized carbons (Fsp3) is 0.438. The first kappa shape index (κ1) is 20.1. The molecule has 0 aliphatic rings. The first-order valence-corrected chi connectivity index (χ1v) is 8.51. The Morgan fingerprint density at radius 1 is 1.17 bits per heavy atom.